The van der Waals surface area contributed by atoms with Crippen LogP contribution in [0, 0.1) is 17.8 Å². The highest BCUT2D eigenvalue weighted by Crippen LogP contribution is 2.12. The molecular weight excluding hydrogens is 367 g/mol. The Morgan fingerprint density at radius 3 is 2.67 bits per heavy atom. The first-order chi connectivity index (χ1) is 8.47. The Morgan fingerprint density at radius 2 is 2.39 bits per heavy atom. The molecule has 0 radical (unpaired) electrons. The number of carbonyl (C=O) groups excluding carboxylic acids is 1. The number of primary amides is 1. The van der Waals surface area contributed by atoms with Crippen LogP contribution in [0.25, 0.3) is 0 Å². The van der Waals surface area contributed by atoms with Crippen molar-refractivity contribution >= 4 is 39.6 Å². The lowest BCUT2D eigenvalue weighted by Gasteiger charge is -2.12. The maximum Gasteiger partial charge on any atom is 0.404 e. The predicted molar refractivity (Wildman–Crippen MR) is 78.8 cm³/mol. The molecule has 18 heavy (non-hydrogen) atoms. The zero-order chi connectivity index (χ0) is 14.0. The molecule has 0 aliphatic rings. The van der Waals surface area contributed by atoms with Gasteiger partial charge in [0.05, 0.1) is 23.1 Å². The summed E-state index contributed by atoms with van der Waals surface area (Å²) >= 11 is 2.24. The molecule has 5 nitrogen and oxygen atoms in total. The predicted octanol–water partition coefficient (Wildman–Crippen LogP) is 2.35. The van der Waals surface area contributed by atoms with Gasteiger partial charge in [-0.25, -0.2) is 4.79 Å². The molecule has 1 amide bonds. The SMILES string of the molecule is CC#CC(COC(N)=O)C(C)I.[O-][s+]1cccn1. The molecule has 1 heterocycles. The summed E-state index contributed by atoms with van der Waals surface area (Å²) in [6.45, 7) is 4.05. The number of alkyl halides is 1. The molecule has 0 aliphatic carbocycles. The molecule has 0 fully saturated rings. The molecule has 0 aliphatic heterocycles. The van der Waals surface area contributed by atoms with E-state index in [0.29, 0.717) is 3.92 Å². The Kier molecular flexibility index (Phi) is 9.63. The highest BCUT2D eigenvalue weighted by molar-refractivity contribution is 14.1. The van der Waals surface area contributed by atoms with Crippen LogP contribution in [0.5, 0.6) is 0 Å². The zero-order valence-corrected chi connectivity index (χ0v) is 13.1. The van der Waals surface area contributed by atoms with Gasteiger partial charge < -0.3 is 15.0 Å². The van der Waals surface area contributed by atoms with E-state index in [2.05, 4.69) is 43.5 Å². The monoisotopic (exact) mass is 382 g/mol. The van der Waals surface area contributed by atoms with Gasteiger partial charge in [-0.3, -0.25) is 0 Å². The van der Waals surface area contributed by atoms with E-state index in [1.165, 1.54) is 11.6 Å². The number of aromatic nitrogens is 1. The molecule has 0 bridgehead atoms. The second-order valence-corrected chi connectivity index (χ2v) is 6.17. The fourth-order valence-electron chi connectivity index (χ4n) is 0.879. The van der Waals surface area contributed by atoms with Crippen LogP contribution in [0.1, 0.15) is 13.8 Å². The normalized spacial score (nSPS) is 13.2. The highest BCUT2D eigenvalue weighted by atomic mass is 127. The topological polar surface area (TPSA) is 88.3 Å². The fraction of sp³-hybridized carbons (Fsp3) is 0.455. The molecule has 7 heteroatoms. The molecule has 1 rings (SSSR count). The quantitative estimate of drug-likeness (QED) is 0.376. The number of ether oxygens (including phenoxy) is 1. The summed E-state index contributed by atoms with van der Waals surface area (Å²) < 4.78 is 18.5. The first-order valence-corrected chi connectivity index (χ1v) is 7.49. The molecule has 0 spiro atoms. The maximum atomic E-state index is 10.3. The van der Waals surface area contributed by atoms with Gasteiger partial charge in [-0.05, 0) is 11.3 Å². The van der Waals surface area contributed by atoms with E-state index in [0.717, 1.165) is 0 Å². The Morgan fingerprint density at radius 1 is 1.72 bits per heavy atom. The number of nitrogens with zero attached hydrogens (tertiary/aromatic N) is 1. The first kappa shape index (κ1) is 17.2. The average Bonchev–Trinajstić information content (AvgIpc) is 2.75. The maximum absolute atomic E-state index is 10.3. The van der Waals surface area contributed by atoms with Gasteiger partial charge in [-0.1, -0.05) is 35.4 Å². The van der Waals surface area contributed by atoms with Gasteiger partial charge >= 0.3 is 6.09 Å². The van der Waals surface area contributed by atoms with Crippen molar-refractivity contribution in [3.8, 4) is 11.8 Å². The Bertz CT molecular complexity index is 398. The van der Waals surface area contributed by atoms with Crippen LogP contribution in [0.15, 0.2) is 17.6 Å². The fourth-order valence-corrected chi connectivity index (χ4v) is 1.73. The molecule has 0 aromatic carbocycles. The van der Waals surface area contributed by atoms with Gasteiger partial charge in [0.2, 0.25) is 0 Å². The van der Waals surface area contributed by atoms with Crippen LogP contribution in [0.3, 0.4) is 0 Å². The number of amides is 1. The van der Waals surface area contributed by atoms with E-state index in [9.17, 15) is 9.35 Å². The van der Waals surface area contributed by atoms with Gasteiger partial charge in [-0.2, -0.15) is 0 Å². The van der Waals surface area contributed by atoms with Gasteiger partial charge in [0.15, 0.2) is 5.38 Å². The molecule has 3 atom stereocenters. The van der Waals surface area contributed by atoms with Crippen molar-refractivity contribution in [3.05, 3.63) is 17.6 Å². The summed E-state index contributed by atoms with van der Waals surface area (Å²) in [5, 5.41) is 1.53. The van der Waals surface area contributed by atoms with E-state index in [1.54, 1.807) is 13.0 Å². The molecule has 3 unspecified atom stereocenters. The number of halogens is 1. The zero-order valence-electron chi connectivity index (χ0n) is 10.1. The Hall–Kier alpha value is -0.850. The minimum absolute atomic E-state index is 0.0723. The van der Waals surface area contributed by atoms with Crippen molar-refractivity contribution in [3.63, 3.8) is 0 Å². The molecule has 2 N–H and O–H groups in total. The van der Waals surface area contributed by atoms with E-state index in [1.807, 2.05) is 6.92 Å². The van der Waals surface area contributed by atoms with Crippen molar-refractivity contribution in [2.75, 3.05) is 6.61 Å². The molecular formula is C11H15IN2O3S. The molecule has 100 valence electrons. The van der Waals surface area contributed by atoms with Crippen molar-refractivity contribution in [1.29, 1.82) is 0 Å². The van der Waals surface area contributed by atoms with Gasteiger partial charge in [0.1, 0.15) is 6.61 Å². The van der Waals surface area contributed by atoms with E-state index in [-0.39, 0.29) is 12.5 Å². The van der Waals surface area contributed by atoms with Crippen molar-refractivity contribution in [2.24, 2.45) is 11.7 Å². The largest absolute Gasteiger partial charge is 0.569 e. The van der Waals surface area contributed by atoms with Crippen LogP contribution < -0.4 is 5.73 Å². The van der Waals surface area contributed by atoms with Gasteiger partial charge in [-0.15, -0.1) is 5.92 Å². The number of nitrogens with two attached hydrogens (primary N) is 1. The summed E-state index contributed by atoms with van der Waals surface area (Å²) in [6, 6.07) is 1.66. The highest BCUT2D eigenvalue weighted by Gasteiger charge is 2.12. The lowest BCUT2D eigenvalue weighted by molar-refractivity contribution is 0.147. The molecule has 1 aromatic rings. The summed E-state index contributed by atoms with van der Waals surface area (Å²) in [7, 11) is -1.03. The van der Waals surface area contributed by atoms with Crippen molar-refractivity contribution < 1.29 is 14.1 Å². The van der Waals surface area contributed by atoms with Crippen molar-refractivity contribution in [2.45, 2.75) is 17.8 Å². The van der Waals surface area contributed by atoms with Crippen LogP contribution in [0.2, 0.25) is 0 Å². The minimum Gasteiger partial charge on any atom is -0.569 e. The molecule has 0 saturated carbocycles. The number of rotatable bonds is 3. The third-order valence-corrected chi connectivity index (χ3v) is 3.32. The lowest BCUT2D eigenvalue weighted by Crippen LogP contribution is -2.22. The second-order valence-electron chi connectivity index (χ2n) is 3.17. The summed E-state index contributed by atoms with van der Waals surface area (Å²) in [5.74, 6) is 5.81. The summed E-state index contributed by atoms with van der Waals surface area (Å²) in [4.78, 5) is 10.3. The van der Waals surface area contributed by atoms with Crippen LogP contribution in [-0.2, 0) is 4.74 Å². The van der Waals surface area contributed by atoms with E-state index < -0.39 is 17.0 Å². The third-order valence-electron chi connectivity index (χ3n) is 1.74. The smallest absolute Gasteiger partial charge is 0.404 e. The molecule has 1 aromatic heterocycles. The number of hydrogen-bond donors (Lipinski definition) is 1. The van der Waals surface area contributed by atoms with Crippen LogP contribution in [-0.4, -0.2) is 25.6 Å². The summed E-state index contributed by atoms with van der Waals surface area (Å²) in [5.41, 5.74) is 4.83. The Labute approximate surface area is 123 Å². The average molecular weight is 382 g/mol. The van der Waals surface area contributed by atoms with Crippen molar-refractivity contribution in [1.82, 2.24) is 4.37 Å². The number of carbonyl (C=O) groups is 1. The van der Waals surface area contributed by atoms with Gasteiger partial charge in [0.25, 0.3) is 0 Å². The van der Waals surface area contributed by atoms with E-state index >= 15 is 0 Å². The Balaban J connectivity index is 0.000000397. The third kappa shape index (κ3) is 9.21. The van der Waals surface area contributed by atoms with E-state index in [4.69, 9.17) is 5.73 Å². The first-order valence-electron chi connectivity index (χ1n) is 5.07. The standard InChI is InChI=1S/C8H12INO2.C3H3NOS/c1-3-4-7(6(2)9)5-12-8(10)11;5-6-3-1-2-4-6/h6-7H,5H2,1-2H3,(H2,10,11);1-3H. The number of hydrogen-bond acceptors (Lipinski definition) is 4. The summed E-state index contributed by atoms with van der Waals surface area (Å²) in [6.07, 6.45) is 0.783. The minimum atomic E-state index is -1.03. The second kappa shape index (κ2) is 10.1. The van der Waals surface area contributed by atoms with Crippen LogP contribution >= 0.6 is 33.5 Å². The molecule has 0 saturated heterocycles. The van der Waals surface area contributed by atoms with Crippen LogP contribution in [0.4, 0.5) is 4.79 Å². The lowest BCUT2D eigenvalue weighted by atomic mass is 10.1. The van der Waals surface area contributed by atoms with Gasteiger partial charge in [0, 0.05) is 9.99 Å².